The molecule has 20 heavy (non-hydrogen) atoms. The molecule has 0 spiro atoms. The van der Waals surface area contributed by atoms with Crippen LogP contribution in [0.4, 0.5) is 4.79 Å². The van der Waals surface area contributed by atoms with E-state index >= 15 is 0 Å². The zero-order chi connectivity index (χ0) is 15.0. The van der Waals surface area contributed by atoms with Crippen molar-refractivity contribution < 1.29 is 14.4 Å². The molecule has 1 aromatic carbocycles. The van der Waals surface area contributed by atoms with Crippen molar-refractivity contribution in [2.75, 3.05) is 7.11 Å². The van der Waals surface area contributed by atoms with Gasteiger partial charge in [0.05, 0.1) is 18.8 Å². The third-order valence-corrected chi connectivity index (χ3v) is 2.76. The van der Waals surface area contributed by atoms with Gasteiger partial charge in [0.1, 0.15) is 6.61 Å². The third-order valence-electron chi connectivity index (χ3n) is 2.76. The first kappa shape index (κ1) is 16.0. The molecular weight excluding hydrogens is 256 g/mol. The molecule has 1 atom stereocenters. The summed E-state index contributed by atoms with van der Waals surface area (Å²) in [5, 5.41) is 2.77. The molecule has 0 aliphatic heterocycles. The van der Waals surface area contributed by atoms with Crippen molar-refractivity contribution in [2.24, 2.45) is 5.92 Å². The largest absolute Gasteiger partial charge is 0.445 e. The normalized spacial score (nSPS) is 11.8. The molecule has 110 valence electrons. The Morgan fingerprint density at radius 3 is 2.50 bits per heavy atom. The maximum atomic E-state index is 11.8. The topological polar surface area (TPSA) is 59.6 Å². The van der Waals surface area contributed by atoms with Crippen molar-refractivity contribution in [2.45, 2.75) is 26.5 Å². The van der Waals surface area contributed by atoms with Crippen molar-refractivity contribution in [3.63, 3.8) is 0 Å². The molecule has 1 aromatic rings. The minimum atomic E-state index is -0.480. The second kappa shape index (κ2) is 8.22. The summed E-state index contributed by atoms with van der Waals surface area (Å²) in [6.45, 7) is 8.02. The molecule has 2 N–H and O–H groups in total. The number of nitrogens with one attached hydrogen (secondary N) is 2. The average molecular weight is 278 g/mol. The molecule has 0 aromatic heterocycles. The minimum Gasteiger partial charge on any atom is -0.445 e. The van der Waals surface area contributed by atoms with E-state index in [-0.39, 0.29) is 18.6 Å². The van der Waals surface area contributed by atoms with Crippen LogP contribution in [0.1, 0.15) is 19.4 Å². The molecule has 0 radical (unpaired) electrons. The third kappa shape index (κ3) is 5.32. The van der Waals surface area contributed by atoms with E-state index in [1.54, 1.807) is 0 Å². The van der Waals surface area contributed by atoms with Crippen molar-refractivity contribution in [1.29, 1.82) is 0 Å². The van der Waals surface area contributed by atoms with Crippen LogP contribution in [-0.4, -0.2) is 19.2 Å². The minimum absolute atomic E-state index is 0.162. The lowest BCUT2D eigenvalue weighted by Crippen LogP contribution is -2.43. The molecule has 0 unspecified atom stereocenters. The highest BCUT2D eigenvalue weighted by molar-refractivity contribution is 5.68. The van der Waals surface area contributed by atoms with Crippen molar-refractivity contribution >= 4 is 6.09 Å². The number of ether oxygens (including phenoxy) is 1. The number of carbonyl (C=O) groups excluding carboxylic acids is 1. The molecule has 1 rings (SSSR count). The molecular formula is C15H22N2O3. The molecule has 5 nitrogen and oxygen atoms in total. The molecule has 0 saturated carbocycles. The summed E-state index contributed by atoms with van der Waals surface area (Å²) in [5.74, 6) is 0.162. The first-order chi connectivity index (χ1) is 9.54. The summed E-state index contributed by atoms with van der Waals surface area (Å²) in [6, 6.07) is 9.25. The zero-order valence-electron chi connectivity index (χ0n) is 12.2. The second-order valence-electron chi connectivity index (χ2n) is 4.76. The summed E-state index contributed by atoms with van der Waals surface area (Å²) in [5.41, 5.74) is 4.17. The summed E-state index contributed by atoms with van der Waals surface area (Å²) in [4.78, 5) is 16.6. The number of benzene rings is 1. The van der Waals surface area contributed by atoms with Crippen LogP contribution in [-0.2, 0) is 16.2 Å². The molecule has 0 aliphatic carbocycles. The maximum Gasteiger partial charge on any atom is 0.408 e. The number of hydrogen-bond acceptors (Lipinski definition) is 4. The highest BCUT2D eigenvalue weighted by atomic mass is 16.6. The highest BCUT2D eigenvalue weighted by Gasteiger charge is 2.20. The quantitative estimate of drug-likeness (QED) is 0.753. The predicted molar refractivity (Wildman–Crippen MR) is 77.7 cm³/mol. The lowest BCUT2D eigenvalue weighted by Gasteiger charge is -2.24. The van der Waals surface area contributed by atoms with Gasteiger partial charge in [0.15, 0.2) is 0 Å². The van der Waals surface area contributed by atoms with Crippen LogP contribution in [0.3, 0.4) is 0 Å². The molecule has 0 saturated heterocycles. The standard InChI is InChI=1S/C15H22N2O3/c1-11(2)14(12(3)17-19-4)16-15(18)20-10-13-8-6-5-7-9-13/h5-9,11,14,17H,3,10H2,1-2,4H3,(H,16,18)/t14-/m0/s1. The first-order valence-electron chi connectivity index (χ1n) is 6.49. The highest BCUT2D eigenvalue weighted by Crippen LogP contribution is 2.09. The van der Waals surface area contributed by atoms with Gasteiger partial charge in [0.2, 0.25) is 0 Å². The smallest absolute Gasteiger partial charge is 0.408 e. The predicted octanol–water partition coefficient (Wildman–Crippen LogP) is 2.60. The van der Waals surface area contributed by atoms with Gasteiger partial charge in [-0.15, -0.1) is 0 Å². The van der Waals surface area contributed by atoms with Gasteiger partial charge in [-0.2, -0.15) is 0 Å². The maximum absolute atomic E-state index is 11.8. The summed E-state index contributed by atoms with van der Waals surface area (Å²) >= 11 is 0. The van der Waals surface area contributed by atoms with Gasteiger partial charge < -0.3 is 10.1 Å². The number of carbonyl (C=O) groups is 1. The van der Waals surface area contributed by atoms with Crippen molar-refractivity contribution in [3.05, 3.63) is 48.2 Å². The van der Waals surface area contributed by atoms with Crippen molar-refractivity contribution in [3.8, 4) is 0 Å². The van der Waals surface area contributed by atoms with Crippen LogP contribution in [0.5, 0.6) is 0 Å². The Morgan fingerprint density at radius 2 is 1.95 bits per heavy atom. The van der Waals surface area contributed by atoms with Gasteiger partial charge in [-0.3, -0.25) is 10.3 Å². The number of amides is 1. The van der Waals surface area contributed by atoms with Gasteiger partial charge in [-0.1, -0.05) is 50.8 Å². The van der Waals surface area contributed by atoms with Gasteiger partial charge in [0.25, 0.3) is 0 Å². The summed E-state index contributed by atoms with van der Waals surface area (Å²) in [7, 11) is 1.50. The van der Waals surface area contributed by atoms with Crippen LogP contribution >= 0.6 is 0 Å². The Kier molecular flexibility index (Phi) is 6.59. The van der Waals surface area contributed by atoms with E-state index in [4.69, 9.17) is 9.57 Å². The first-order valence-corrected chi connectivity index (χ1v) is 6.49. The van der Waals surface area contributed by atoms with Crippen LogP contribution in [0.2, 0.25) is 0 Å². The second-order valence-corrected chi connectivity index (χ2v) is 4.76. The fourth-order valence-electron chi connectivity index (χ4n) is 1.74. The molecule has 5 heteroatoms. The Hall–Kier alpha value is -2.01. The summed E-state index contributed by atoms with van der Waals surface area (Å²) < 4.78 is 5.18. The Balaban J connectivity index is 2.48. The van der Waals surface area contributed by atoms with E-state index in [1.165, 1.54) is 7.11 Å². The number of alkyl carbamates (subject to hydrolysis) is 1. The van der Waals surface area contributed by atoms with Gasteiger partial charge in [0, 0.05) is 0 Å². The molecule has 0 heterocycles. The van der Waals surface area contributed by atoms with E-state index in [0.29, 0.717) is 5.70 Å². The van der Waals surface area contributed by atoms with Crippen molar-refractivity contribution in [1.82, 2.24) is 10.8 Å². The van der Waals surface area contributed by atoms with E-state index in [2.05, 4.69) is 17.4 Å². The fourth-order valence-corrected chi connectivity index (χ4v) is 1.74. The van der Waals surface area contributed by atoms with Crippen LogP contribution in [0, 0.1) is 5.92 Å². The lowest BCUT2D eigenvalue weighted by molar-refractivity contribution is 0.103. The monoisotopic (exact) mass is 278 g/mol. The van der Waals surface area contributed by atoms with Crippen LogP contribution in [0.25, 0.3) is 0 Å². The molecule has 0 bridgehead atoms. The van der Waals surface area contributed by atoms with Gasteiger partial charge in [-0.25, -0.2) is 4.79 Å². The Labute approximate surface area is 119 Å². The fraction of sp³-hybridized carbons (Fsp3) is 0.400. The average Bonchev–Trinajstić information content (AvgIpc) is 2.43. The van der Waals surface area contributed by atoms with Crippen LogP contribution in [0.15, 0.2) is 42.6 Å². The van der Waals surface area contributed by atoms with Gasteiger partial charge in [-0.05, 0) is 11.5 Å². The number of rotatable bonds is 7. The van der Waals surface area contributed by atoms with E-state index in [0.717, 1.165) is 5.56 Å². The van der Waals surface area contributed by atoms with E-state index in [9.17, 15) is 4.79 Å². The van der Waals surface area contributed by atoms with E-state index in [1.807, 2.05) is 44.2 Å². The number of hydroxylamine groups is 1. The molecule has 0 fully saturated rings. The summed E-state index contributed by atoms with van der Waals surface area (Å²) in [6.07, 6.45) is -0.480. The van der Waals surface area contributed by atoms with E-state index < -0.39 is 6.09 Å². The van der Waals surface area contributed by atoms with Crippen LogP contribution < -0.4 is 10.8 Å². The molecule has 1 amide bonds. The SMILES string of the molecule is C=C(NOC)[C@@H](NC(=O)OCc1ccccc1)C(C)C. The number of hydrogen-bond donors (Lipinski definition) is 2. The zero-order valence-corrected chi connectivity index (χ0v) is 12.2. The molecule has 0 aliphatic rings. The Bertz CT molecular complexity index is 432. The van der Waals surface area contributed by atoms with Gasteiger partial charge >= 0.3 is 6.09 Å². The lowest BCUT2D eigenvalue weighted by atomic mass is 10.0. The Morgan fingerprint density at radius 1 is 1.30 bits per heavy atom.